The molecule has 2 rings (SSSR count). The van der Waals surface area contributed by atoms with Crippen LogP contribution in [-0.2, 0) is 12.8 Å². The summed E-state index contributed by atoms with van der Waals surface area (Å²) >= 11 is 0. The molecule has 1 aromatic heterocycles. The molecule has 2 nitrogen and oxygen atoms in total. The average molecular weight is 174 g/mol. The molecule has 13 heavy (non-hydrogen) atoms. The highest BCUT2D eigenvalue weighted by atomic mass is 14.9. The van der Waals surface area contributed by atoms with E-state index < -0.39 is 0 Å². The summed E-state index contributed by atoms with van der Waals surface area (Å²) < 4.78 is 0. The van der Waals surface area contributed by atoms with Crippen LogP contribution in [0, 0.1) is 0 Å². The molecule has 68 valence electrons. The van der Waals surface area contributed by atoms with Crippen molar-refractivity contribution in [3.05, 3.63) is 27.9 Å². The lowest BCUT2D eigenvalue weighted by Crippen LogP contribution is -2.27. The number of rotatable bonds is 0. The quantitative estimate of drug-likeness (QED) is 0.578. The summed E-state index contributed by atoms with van der Waals surface area (Å²) in [6.45, 7) is 9.85. The third kappa shape index (κ3) is 1.63. The van der Waals surface area contributed by atoms with Crippen molar-refractivity contribution in [2.45, 2.75) is 12.8 Å². The minimum atomic E-state index is 0.820. The van der Waals surface area contributed by atoms with Gasteiger partial charge < -0.3 is 5.32 Å². The molecule has 1 aliphatic heterocycles. The molecule has 0 spiro atoms. The maximum absolute atomic E-state index is 4.46. The van der Waals surface area contributed by atoms with E-state index in [0.29, 0.717) is 0 Å². The lowest BCUT2D eigenvalue weighted by Gasteiger charge is -2.02. The Labute approximate surface area is 78.0 Å². The fraction of sp³-hybridized carbons (Fsp3) is 0.364. The highest BCUT2D eigenvalue weighted by molar-refractivity contribution is 5.25. The fourth-order valence-electron chi connectivity index (χ4n) is 1.67. The van der Waals surface area contributed by atoms with Crippen molar-refractivity contribution < 1.29 is 0 Å². The van der Waals surface area contributed by atoms with Crippen molar-refractivity contribution >= 4 is 13.2 Å². The van der Waals surface area contributed by atoms with Gasteiger partial charge in [-0.05, 0) is 29.8 Å². The zero-order chi connectivity index (χ0) is 9.26. The minimum absolute atomic E-state index is 0.820. The van der Waals surface area contributed by atoms with Gasteiger partial charge in [0.15, 0.2) is 0 Å². The fourth-order valence-corrected chi connectivity index (χ4v) is 1.67. The molecule has 0 saturated heterocycles. The topological polar surface area (TPSA) is 24.9 Å². The number of pyridine rings is 1. The van der Waals surface area contributed by atoms with Crippen LogP contribution in [0.2, 0.25) is 0 Å². The second kappa shape index (κ2) is 3.30. The van der Waals surface area contributed by atoms with E-state index >= 15 is 0 Å². The standard InChI is InChI=1S/C11H14N2/c1-8-7-10-3-5-12-6-4-11(10)13-9(8)2/h7,12H,1-6H2. The molecular weight excluding hydrogens is 160 g/mol. The Kier molecular flexibility index (Phi) is 2.15. The zero-order valence-corrected chi connectivity index (χ0v) is 7.77. The van der Waals surface area contributed by atoms with Crippen LogP contribution in [-0.4, -0.2) is 18.1 Å². The number of nitrogens with one attached hydrogen (secondary N) is 1. The first-order chi connectivity index (χ1) is 6.27. The molecule has 0 aromatic carbocycles. The van der Waals surface area contributed by atoms with E-state index in [1.54, 1.807) is 0 Å². The van der Waals surface area contributed by atoms with Gasteiger partial charge >= 0.3 is 0 Å². The van der Waals surface area contributed by atoms with Crippen LogP contribution in [0.4, 0.5) is 0 Å². The first-order valence-electron chi connectivity index (χ1n) is 4.65. The average Bonchev–Trinajstić information content (AvgIpc) is 2.31. The van der Waals surface area contributed by atoms with Gasteiger partial charge in [0.2, 0.25) is 0 Å². The molecule has 0 unspecified atom stereocenters. The third-order valence-corrected chi connectivity index (χ3v) is 2.47. The maximum Gasteiger partial charge on any atom is 0.0627 e. The Hall–Kier alpha value is -1.15. The van der Waals surface area contributed by atoms with Crippen LogP contribution in [0.1, 0.15) is 11.3 Å². The number of hydrogen-bond donors (Lipinski definition) is 1. The highest BCUT2D eigenvalue weighted by Gasteiger charge is 2.07. The maximum atomic E-state index is 4.46. The summed E-state index contributed by atoms with van der Waals surface area (Å²) in [6, 6.07) is 2.12. The van der Waals surface area contributed by atoms with Gasteiger partial charge in [-0.3, -0.25) is 4.98 Å². The predicted octanol–water partition coefficient (Wildman–Crippen LogP) is -0.410. The predicted molar refractivity (Wildman–Crippen MR) is 54.8 cm³/mol. The molecule has 1 aromatic rings. The van der Waals surface area contributed by atoms with Crippen molar-refractivity contribution in [3.63, 3.8) is 0 Å². The van der Waals surface area contributed by atoms with Gasteiger partial charge in [0.25, 0.3) is 0 Å². The molecule has 0 atom stereocenters. The van der Waals surface area contributed by atoms with Crippen molar-refractivity contribution in [1.29, 1.82) is 0 Å². The van der Waals surface area contributed by atoms with E-state index in [0.717, 1.165) is 36.5 Å². The summed E-state index contributed by atoms with van der Waals surface area (Å²) in [5.74, 6) is 0. The van der Waals surface area contributed by atoms with Gasteiger partial charge in [-0.2, -0.15) is 0 Å². The first kappa shape index (κ1) is 8.45. The van der Waals surface area contributed by atoms with Crippen LogP contribution in [0.25, 0.3) is 13.2 Å². The van der Waals surface area contributed by atoms with E-state index in [9.17, 15) is 0 Å². The lowest BCUT2D eigenvalue weighted by atomic mass is 10.1. The summed E-state index contributed by atoms with van der Waals surface area (Å²) in [5, 5.41) is 5.13. The van der Waals surface area contributed by atoms with E-state index in [1.807, 2.05) is 0 Å². The lowest BCUT2D eigenvalue weighted by molar-refractivity contribution is 0.708. The molecule has 0 radical (unpaired) electrons. The smallest absolute Gasteiger partial charge is 0.0627 e. The Morgan fingerprint density at radius 3 is 2.85 bits per heavy atom. The zero-order valence-electron chi connectivity index (χ0n) is 7.77. The van der Waals surface area contributed by atoms with Gasteiger partial charge in [-0.25, -0.2) is 0 Å². The molecule has 2 heteroatoms. The van der Waals surface area contributed by atoms with Crippen LogP contribution in [0.15, 0.2) is 6.07 Å². The van der Waals surface area contributed by atoms with Crippen LogP contribution in [0.5, 0.6) is 0 Å². The van der Waals surface area contributed by atoms with E-state index in [2.05, 4.69) is 29.5 Å². The number of nitrogens with zero attached hydrogens (tertiary/aromatic N) is 1. The van der Waals surface area contributed by atoms with Gasteiger partial charge in [-0.15, -0.1) is 0 Å². The molecule has 0 bridgehead atoms. The van der Waals surface area contributed by atoms with Crippen molar-refractivity contribution in [2.24, 2.45) is 0 Å². The second-order valence-corrected chi connectivity index (χ2v) is 3.45. The molecular formula is C11H14N2. The summed E-state index contributed by atoms with van der Waals surface area (Å²) in [4.78, 5) is 4.46. The summed E-state index contributed by atoms with van der Waals surface area (Å²) in [5.41, 5.74) is 2.53. The number of hydrogen-bond acceptors (Lipinski definition) is 2. The van der Waals surface area contributed by atoms with Crippen LogP contribution in [0.3, 0.4) is 0 Å². The van der Waals surface area contributed by atoms with E-state index in [4.69, 9.17) is 0 Å². The molecule has 0 aliphatic carbocycles. The molecule has 1 aliphatic rings. The molecule has 1 N–H and O–H groups in total. The van der Waals surface area contributed by atoms with E-state index in [1.165, 1.54) is 11.3 Å². The summed E-state index contributed by atoms with van der Waals surface area (Å²) in [7, 11) is 0. The first-order valence-corrected chi connectivity index (χ1v) is 4.65. The van der Waals surface area contributed by atoms with Crippen LogP contribution >= 0.6 is 0 Å². The monoisotopic (exact) mass is 174 g/mol. The van der Waals surface area contributed by atoms with E-state index in [-0.39, 0.29) is 0 Å². The van der Waals surface area contributed by atoms with Crippen molar-refractivity contribution in [3.8, 4) is 0 Å². The summed E-state index contributed by atoms with van der Waals surface area (Å²) in [6.07, 6.45) is 2.07. The van der Waals surface area contributed by atoms with Gasteiger partial charge in [0.1, 0.15) is 0 Å². The minimum Gasteiger partial charge on any atom is -0.316 e. The molecule has 0 saturated carbocycles. The van der Waals surface area contributed by atoms with Gasteiger partial charge in [-0.1, -0.05) is 13.2 Å². The Morgan fingerprint density at radius 1 is 1.23 bits per heavy atom. The number of fused-ring (bicyclic) bond motifs is 1. The Morgan fingerprint density at radius 2 is 2.00 bits per heavy atom. The van der Waals surface area contributed by atoms with Crippen molar-refractivity contribution in [1.82, 2.24) is 10.3 Å². The van der Waals surface area contributed by atoms with Crippen molar-refractivity contribution in [2.75, 3.05) is 13.1 Å². The van der Waals surface area contributed by atoms with Gasteiger partial charge in [0, 0.05) is 18.7 Å². The Balaban J connectivity index is 2.55. The SMILES string of the molecule is C=c1cc2c(nc1=C)CCNCC2. The second-order valence-electron chi connectivity index (χ2n) is 3.45. The highest BCUT2D eigenvalue weighted by Crippen LogP contribution is 2.05. The van der Waals surface area contributed by atoms with Crippen LogP contribution < -0.4 is 15.9 Å². The van der Waals surface area contributed by atoms with Gasteiger partial charge in [0.05, 0.1) is 5.35 Å². The normalized spacial score (nSPS) is 16.3. The molecule has 0 fully saturated rings. The molecule has 0 amide bonds. The number of aromatic nitrogens is 1. The third-order valence-electron chi connectivity index (χ3n) is 2.47. The largest absolute Gasteiger partial charge is 0.316 e. The Bertz CT molecular complexity index is 370. The molecule has 2 heterocycles.